The second kappa shape index (κ2) is 13.7. The number of amides is 1. The summed E-state index contributed by atoms with van der Waals surface area (Å²) in [5, 5.41) is 7.84. The van der Waals surface area contributed by atoms with Crippen molar-refractivity contribution in [1.82, 2.24) is 9.66 Å². The van der Waals surface area contributed by atoms with E-state index in [4.69, 9.17) is 14.5 Å². The van der Waals surface area contributed by atoms with Gasteiger partial charge in [0.2, 0.25) is 0 Å². The predicted octanol–water partition coefficient (Wildman–Crippen LogP) is 6.87. The van der Waals surface area contributed by atoms with Crippen LogP contribution in [0.3, 0.4) is 0 Å². The lowest BCUT2D eigenvalue weighted by Crippen LogP contribution is -2.22. The monoisotopic (exact) mass is 668 g/mol. The molecule has 1 aromatic heterocycles. The molecule has 0 bridgehead atoms. The average Bonchev–Trinajstić information content (AvgIpc) is 2.93. The van der Waals surface area contributed by atoms with Crippen molar-refractivity contribution >= 4 is 60.6 Å². The molecule has 0 saturated heterocycles. The molecule has 1 N–H and O–H groups in total. The molecule has 10 heteroatoms. The molecule has 40 heavy (non-hydrogen) atoms. The van der Waals surface area contributed by atoms with Gasteiger partial charge >= 0.3 is 0 Å². The van der Waals surface area contributed by atoms with Crippen LogP contribution in [0.5, 0.6) is 11.5 Å². The van der Waals surface area contributed by atoms with Crippen LogP contribution >= 0.6 is 31.9 Å². The second-order valence-corrected chi connectivity index (χ2v) is 10.9. The Kier molecular flexibility index (Phi) is 10.1. The van der Waals surface area contributed by atoms with Gasteiger partial charge in [-0.2, -0.15) is 9.78 Å². The number of benzene rings is 3. The maximum Gasteiger partial charge on any atom is 0.282 e. The summed E-state index contributed by atoms with van der Waals surface area (Å²) in [7, 11) is 0. The largest absolute Gasteiger partial charge is 0.490 e. The third kappa shape index (κ3) is 7.37. The van der Waals surface area contributed by atoms with E-state index in [1.165, 1.54) is 4.68 Å². The summed E-state index contributed by atoms with van der Waals surface area (Å²) >= 11 is 7.00. The first-order chi connectivity index (χ1) is 19.3. The van der Waals surface area contributed by atoms with Gasteiger partial charge in [0.05, 0.1) is 23.7 Å². The smallest absolute Gasteiger partial charge is 0.282 e. The highest BCUT2D eigenvalue weighted by molar-refractivity contribution is 9.10. The highest BCUT2D eigenvalue weighted by atomic mass is 79.9. The van der Waals surface area contributed by atoms with Gasteiger partial charge in [-0.25, -0.2) is 4.98 Å². The maximum absolute atomic E-state index is 13.4. The minimum atomic E-state index is -0.289. The van der Waals surface area contributed by atoms with Gasteiger partial charge in [0.15, 0.2) is 18.1 Å². The summed E-state index contributed by atoms with van der Waals surface area (Å²) in [5.41, 5.74) is 2.87. The molecule has 0 fully saturated rings. The summed E-state index contributed by atoms with van der Waals surface area (Å²) in [4.78, 5) is 30.6. The number of anilines is 1. The van der Waals surface area contributed by atoms with Crippen LogP contribution in [0.25, 0.3) is 10.9 Å². The fraction of sp³-hybridized carbons (Fsp3) is 0.267. The highest BCUT2D eigenvalue weighted by Gasteiger charge is 2.14. The third-order valence-corrected chi connectivity index (χ3v) is 7.18. The summed E-state index contributed by atoms with van der Waals surface area (Å²) < 4.78 is 14.4. The van der Waals surface area contributed by atoms with E-state index in [1.54, 1.807) is 24.4 Å². The molecule has 3 aromatic carbocycles. The number of rotatable bonds is 11. The van der Waals surface area contributed by atoms with E-state index in [1.807, 2.05) is 50.2 Å². The first kappa shape index (κ1) is 29.5. The number of fused-ring (bicyclic) bond motifs is 1. The Morgan fingerprint density at radius 2 is 1.80 bits per heavy atom. The molecule has 0 aliphatic rings. The number of carbonyl (C=O) groups is 1. The van der Waals surface area contributed by atoms with Gasteiger partial charge in [-0.3, -0.25) is 9.59 Å². The number of hydrogen-bond donors (Lipinski definition) is 1. The number of nitrogens with one attached hydrogen (secondary N) is 1. The van der Waals surface area contributed by atoms with Crippen LogP contribution in [0.2, 0.25) is 0 Å². The van der Waals surface area contributed by atoms with E-state index in [9.17, 15) is 9.59 Å². The molecule has 0 spiro atoms. The fourth-order valence-electron chi connectivity index (χ4n) is 3.94. The lowest BCUT2D eigenvalue weighted by atomic mass is 10.2. The maximum atomic E-state index is 13.4. The lowest BCUT2D eigenvalue weighted by Gasteiger charge is -2.14. The standard InChI is InChI=1S/C30H30Br2N4O4/c1-4-6-7-28-35-25-13-10-21(31)15-23(25)30(38)36(28)33-17-20-14-26(39-5-2)27(16-24(20)32)40-18-29(37)34-22-11-8-19(3)9-12-22/h8-17H,4-7,18H2,1-3H3,(H,34,37). The zero-order chi connectivity index (χ0) is 28.6. The van der Waals surface area contributed by atoms with E-state index in [-0.39, 0.29) is 18.1 Å². The Morgan fingerprint density at radius 1 is 1.05 bits per heavy atom. The van der Waals surface area contributed by atoms with Crippen molar-refractivity contribution in [3.8, 4) is 11.5 Å². The molecule has 0 atom stereocenters. The molecule has 208 valence electrons. The van der Waals surface area contributed by atoms with Gasteiger partial charge in [0.1, 0.15) is 5.82 Å². The molecule has 0 saturated carbocycles. The molecule has 4 rings (SSSR count). The molecule has 4 aromatic rings. The number of halogens is 2. The van der Waals surface area contributed by atoms with Crippen LogP contribution in [0, 0.1) is 6.92 Å². The quantitative estimate of drug-likeness (QED) is 0.176. The highest BCUT2D eigenvalue weighted by Crippen LogP contribution is 2.33. The number of aryl methyl sites for hydroxylation is 2. The predicted molar refractivity (Wildman–Crippen MR) is 166 cm³/mol. The van der Waals surface area contributed by atoms with Crippen LogP contribution < -0.4 is 20.3 Å². The number of unbranched alkanes of at least 4 members (excludes halogenated alkanes) is 1. The van der Waals surface area contributed by atoms with Crippen LogP contribution in [0.1, 0.15) is 43.6 Å². The van der Waals surface area contributed by atoms with Gasteiger partial charge < -0.3 is 14.8 Å². The van der Waals surface area contributed by atoms with Crippen molar-refractivity contribution in [2.75, 3.05) is 18.5 Å². The Morgan fingerprint density at radius 3 is 2.52 bits per heavy atom. The Hall–Kier alpha value is -3.50. The van der Waals surface area contributed by atoms with Crippen molar-refractivity contribution in [2.24, 2.45) is 5.10 Å². The second-order valence-electron chi connectivity index (χ2n) is 9.11. The average molecular weight is 670 g/mol. The van der Waals surface area contributed by atoms with Crippen molar-refractivity contribution in [2.45, 2.75) is 40.0 Å². The normalized spacial score (nSPS) is 11.2. The van der Waals surface area contributed by atoms with Gasteiger partial charge in [-0.1, -0.05) is 47.0 Å². The molecule has 1 heterocycles. The first-order valence-electron chi connectivity index (χ1n) is 13.0. The minimum absolute atomic E-state index is 0.192. The van der Waals surface area contributed by atoms with Crippen LogP contribution in [0.4, 0.5) is 5.69 Å². The van der Waals surface area contributed by atoms with Crippen molar-refractivity contribution in [3.63, 3.8) is 0 Å². The van der Waals surface area contributed by atoms with Crippen molar-refractivity contribution in [3.05, 3.63) is 90.8 Å². The SMILES string of the molecule is CCCCc1nc2ccc(Br)cc2c(=O)n1N=Cc1cc(OCC)c(OCC(=O)Nc2ccc(C)cc2)cc1Br. The number of aromatic nitrogens is 2. The topological polar surface area (TPSA) is 94.8 Å². The summed E-state index contributed by atoms with van der Waals surface area (Å²) in [6.07, 6.45) is 4.05. The molecular formula is C30H30Br2N4O4. The Balaban J connectivity index is 1.60. The molecule has 8 nitrogen and oxygen atoms in total. The van der Waals surface area contributed by atoms with Crippen molar-refractivity contribution < 1.29 is 14.3 Å². The zero-order valence-corrected chi connectivity index (χ0v) is 25.7. The number of hydrogen-bond acceptors (Lipinski definition) is 6. The van der Waals surface area contributed by atoms with E-state index >= 15 is 0 Å². The minimum Gasteiger partial charge on any atom is -0.490 e. The van der Waals surface area contributed by atoms with E-state index in [2.05, 4.69) is 49.2 Å². The summed E-state index contributed by atoms with van der Waals surface area (Å²) in [5.74, 6) is 1.17. The Bertz CT molecular complexity index is 1600. The van der Waals surface area contributed by atoms with Crippen LogP contribution in [-0.2, 0) is 11.2 Å². The van der Waals surface area contributed by atoms with Gasteiger partial charge in [-0.05, 0) is 78.7 Å². The summed E-state index contributed by atoms with van der Waals surface area (Å²) in [6.45, 7) is 6.14. The van der Waals surface area contributed by atoms with Crippen LogP contribution in [-0.4, -0.2) is 35.0 Å². The van der Waals surface area contributed by atoms with Gasteiger partial charge in [0.25, 0.3) is 11.5 Å². The third-order valence-electron chi connectivity index (χ3n) is 6.00. The van der Waals surface area contributed by atoms with Gasteiger partial charge in [0, 0.05) is 26.6 Å². The van der Waals surface area contributed by atoms with E-state index in [0.29, 0.717) is 57.0 Å². The molecular weight excluding hydrogens is 640 g/mol. The van der Waals surface area contributed by atoms with Crippen molar-refractivity contribution in [1.29, 1.82) is 0 Å². The number of nitrogens with zero attached hydrogens (tertiary/aromatic N) is 3. The molecule has 0 unspecified atom stereocenters. The fourth-order valence-corrected chi connectivity index (χ4v) is 4.72. The Labute approximate surface area is 249 Å². The molecule has 1 amide bonds. The molecule has 0 aliphatic carbocycles. The van der Waals surface area contributed by atoms with E-state index in [0.717, 1.165) is 22.9 Å². The van der Waals surface area contributed by atoms with E-state index < -0.39 is 0 Å². The molecule has 0 aliphatic heterocycles. The lowest BCUT2D eigenvalue weighted by molar-refractivity contribution is -0.118. The number of carbonyl (C=O) groups excluding carboxylic acids is 1. The molecule has 0 radical (unpaired) electrons. The number of ether oxygens (including phenoxy) is 2. The summed E-state index contributed by atoms with van der Waals surface area (Å²) in [6, 6.07) is 16.5. The first-order valence-corrected chi connectivity index (χ1v) is 14.6. The zero-order valence-electron chi connectivity index (χ0n) is 22.5. The van der Waals surface area contributed by atoms with Crippen LogP contribution in [0.15, 0.2) is 73.4 Å². The van der Waals surface area contributed by atoms with Gasteiger partial charge in [-0.15, -0.1) is 0 Å².